The molecule has 1 saturated heterocycles. The lowest BCUT2D eigenvalue weighted by Crippen LogP contribution is -2.46. The maximum absolute atomic E-state index is 11.6. The molecule has 142 valence electrons. The van der Waals surface area contributed by atoms with Crippen molar-refractivity contribution in [1.29, 1.82) is 0 Å². The van der Waals surface area contributed by atoms with Gasteiger partial charge in [0.2, 0.25) is 0 Å². The molecule has 1 unspecified atom stereocenters. The van der Waals surface area contributed by atoms with E-state index in [1.165, 1.54) is 7.11 Å². The van der Waals surface area contributed by atoms with Crippen molar-refractivity contribution in [2.45, 2.75) is 33.2 Å². The molecule has 2 rings (SSSR count). The highest BCUT2D eigenvalue weighted by atomic mass is 127. The van der Waals surface area contributed by atoms with Gasteiger partial charge >= 0.3 is 5.97 Å². The van der Waals surface area contributed by atoms with Gasteiger partial charge in [0.25, 0.3) is 0 Å². The Morgan fingerprint density at radius 1 is 1.44 bits per heavy atom. The first-order chi connectivity index (χ1) is 11.6. The van der Waals surface area contributed by atoms with Crippen LogP contribution in [0.3, 0.4) is 0 Å². The van der Waals surface area contributed by atoms with E-state index in [-0.39, 0.29) is 35.9 Å². The van der Waals surface area contributed by atoms with Crippen LogP contribution in [0.4, 0.5) is 0 Å². The van der Waals surface area contributed by atoms with Gasteiger partial charge in [-0.15, -0.1) is 24.0 Å². The van der Waals surface area contributed by atoms with Crippen molar-refractivity contribution in [3.8, 4) is 0 Å². The zero-order valence-corrected chi connectivity index (χ0v) is 17.7. The molecule has 1 fully saturated rings. The third kappa shape index (κ3) is 6.83. The lowest BCUT2D eigenvalue weighted by Gasteiger charge is -2.33. The van der Waals surface area contributed by atoms with Crippen molar-refractivity contribution in [3.63, 3.8) is 0 Å². The number of likely N-dealkylation sites (tertiary alicyclic amines) is 1. The van der Waals surface area contributed by atoms with Crippen LogP contribution in [0.15, 0.2) is 23.5 Å². The molecule has 1 aromatic rings. The Balaban J connectivity index is 0.00000312. The van der Waals surface area contributed by atoms with Crippen molar-refractivity contribution >= 4 is 35.9 Å². The minimum atomic E-state index is -0.0931. The molecule has 1 aliphatic rings. The Labute approximate surface area is 167 Å². The van der Waals surface area contributed by atoms with E-state index in [1.807, 2.05) is 16.9 Å². The lowest BCUT2D eigenvalue weighted by atomic mass is 9.97. The zero-order chi connectivity index (χ0) is 17.4. The number of aliphatic imine (C=N–C) groups is 1. The molecule has 0 aliphatic carbocycles. The summed E-state index contributed by atoms with van der Waals surface area (Å²) in [4.78, 5) is 18.7. The number of carbonyl (C=O) groups excluding carboxylic acids is 1. The third-order valence-corrected chi connectivity index (χ3v) is 4.27. The van der Waals surface area contributed by atoms with Gasteiger partial charge in [-0.3, -0.25) is 14.5 Å². The van der Waals surface area contributed by atoms with Crippen LogP contribution in [0, 0.1) is 11.8 Å². The van der Waals surface area contributed by atoms with Crippen LogP contribution in [-0.2, 0) is 16.1 Å². The Morgan fingerprint density at radius 2 is 2.16 bits per heavy atom. The summed E-state index contributed by atoms with van der Waals surface area (Å²) in [5, 5.41) is 7.60. The van der Waals surface area contributed by atoms with Crippen molar-refractivity contribution < 1.29 is 9.53 Å². The van der Waals surface area contributed by atoms with Gasteiger partial charge in [-0.2, -0.15) is 5.10 Å². The van der Waals surface area contributed by atoms with Crippen LogP contribution >= 0.6 is 24.0 Å². The second-order valence-corrected chi connectivity index (χ2v) is 6.31. The number of ether oxygens (including phenoxy) is 1. The topological polar surface area (TPSA) is 71.8 Å². The fourth-order valence-electron chi connectivity index (χ4n) is 2.95. The van der Waals surface area contributed by atoms with Gasteiger partial charge < -0.3 is 15.0 Å². The molecule has 1 aromatic heterocycles. The van der Waals surface area contributed by atoms with Crippen molar-refractivity contribution in [2.24, 2.45) is 16.8 Å². The molecule has 0 amide bonds. The number of methoxy groups -OCH3 is 1. The molecule has 0 radical (unpaired) electrons. The number of halogens is 1. The molecule has 0 saturated carbocycles. The highest BCUT2D eigenvalue weighted by molar-refractivity contribution is 14.0. The van der Waals surface area contributed by atoms with Crippen molar-refractivity contribution in [3.05, 3.63) is 18.5 Å². The van der Waals surface area contributed by atoms with E-state index in [0.717, 1.165) is 51.5 Å². The number of aromatic nitrogens is 2. The minimum Gasteiger partial charge on any atom is -0.469 e. The van der Waals surface area contributed by atoms with E-state index in [1.54, 1.807) is 6.20 Å². The molecule has 2 heterocycles. The first kappa shape index (κ1) is 21.7. The Bertz CT molecular complexity index is 527. The Morgan fingerprint density at radius 3 is 2.72 bits per heavy atom. The number of nitrogens with zero attached hydrogens (tertiary/aromatic N) is 4. The standard InChI is InChI=1S/C17H29N5O2.HI/c1-4-18-17(19-12-14(2)13-22-9-5-8-20-22)21-10-6-15(7-11-21)16(23)24-3;/h5,8-9,14-15H,4,6-7,10-13H2,1-3H3,(H,18,19);1H. The molecule has 1 N–H and O–H groups in total. The van der Waals surface area contributed by atoms with Gasteiger partial charge in [0.15, 0.2) is 5.96 Å². The van der Waals surface area contributed by atoms with Crippen LogP contribution in [0.2, 0.25) is 0 Å². The quantitative estimate of drug-likeness (QED) is 0.303. The summed E-state index contributed by atoms with van der Waals surface area (Å²) in [7, 11) is 1.46. The third-order valence-electron chi connectivity index (χ3n) is 4.27. The summed E-state index contributed by atoms with van der Waals surface area (Å²) < 4.78 is 6.79. The van der Waals surface area contributed by atoms with Gasteiger partial charge in [-0.25, -0.2) is 0 Å². The number of esters is 1. The summed E-state index contributed by atoms with van der Waals surface area (Å²) >= 11 is 0. The fraction of sp³-hybridized carbons (Fsp3) is 0.706. The molecule has 0 spiro atoms. The number of hydrogen-bond acceptors (Lipinski definition) is 4. The Hall–Kier alpha value is -1.32. The molecular weight excluding hydrogens is 433 g/mol. The fourth-order valence-corrected chi connectivity index (χ4v) is 2.95. The van der Waals surface area contributed by atoms with E-state index in [2.05, 4.69) is 29.2 Å². The van der Waals surface area contributed by atoms with E-state index >= 15 is 0 Å². The van der Waals surface area contributed by atoms with Gasteiger partial charge in [-0.05, 0) is 31.7 Å². The molecular formula is C17H30IN5O2. The zero-order valence-electron chi connectivity index (χ0n) is 15.4. The van der Waals surface area contributed by atoms with E-state index in [4.69, 9.17) is 9.73 Å². The van der Waals surface area contributed by atoms with Crippen LogP contribution in [0.1, 0.15) is 26.7 Å². The highest BCUT2D eigenvalue weighted by Gasteiger charge is 2.26. The second kappa shape index (κ2) is 11.3. The summed E-state index contributed by atoms with van der Waals surface area (Å²) in [5.74, 6) is 1.27. The average molecular weight is 463 g/mol. The number of carbonyl (C=O) groups is 1. The van der Waals surface area contributed by atoms with E-state index < -0.39 is 0 Å². The summed E-state index contributed by atoms with van der Waals surface area (Å²) in [6.45, 7) is 8.36. The molecule has 25 heavy (non-hydrogen) atoms. The first-order valence-electron chi connectivity index (χ1n) is 8.72. The van der Waals surface area contributed by atoms with Gasteiger partial charge in [-0.1, -0.05) is 6.92 Å². The van der Waals surface area contributed by atoms with E-state index in [0.29, 0.717) is 5.92 Å². The number of piperidine rings is 1. The number of hydrogen-bond donors (Lipinski definition) is 1. The second-order valence-electron chi connectivity index (χ2n) is 6.31. The molecule has 7 nitrogen and oxygen atoms in total. The summed E-state index contributed by atoms with van der Waals surface area (Å²) in [6.07, 6.45) is 5.41. The monoisotopic (exact) mass is 463 g/mol. The summed E-state index contributed by atoms with van der Waals surface area (Å²) in [5.41, 5.74) is 0. The predicted molar refractivity (Wildman–Crippen MR) is 109 cm³/mol. The molecule has 0 aromatic carbocycles. The van der Waals surface area contributed by atoms with Crippen LogP contribution in [0.5, 0.6) is 0 Å². The van der Waals surface area contributed by atoms with Crippen LogP contribution in [0.25, 0.3) is 0 Å². The predicted octanol–water partition coefficient (Wildman–Crippen LogP) is 1.99. The lowest BCUT2D eigenvalue weighted by molar-refractivity contribution is -0.146. The largest absolute Gasteiger partial charge is 0.469 e. The van der Waals surface area contributed by atoms with E-state index in [9.17, 15) is 4.79 Å². The molecule has 0 bridgehead atoms. The number of guanidine groups is 1. The molecule has 1 aliphatic heterocycles. The van der Waals surface area contributed by atoms with Gasteiger partial charge in [0, 0.05) is 45.1 Å². The summed E-state index contributed by atoms with van der Waals surface area (Å²) in [6, 6.07) is 1.94. The maximum atomic E-state index is 11.6. The van der Waals surface area contributed by atoms with Gasteiger partial charge in [0.05, 0.1) is 13.0 Å². The number of rotatable bonds is 6. The SMILES string of the molecule is CCNC(=NCC(C)Cn1cccn1)N1CCC(C(=O)OC)CC1.I. The Kier molecular flexibility index (Phi) is 9.84. The van der Waals surface area contributed by atoms with Gasteiger partial charge in [0.1, 0.15) is 0 Å². The first-order valence-corrected chi connectivity index (χ1v) is 8.72. The minimum absolute atomic E-state index is 0. The van der Waals surface area contributed by atoms with Crippen molar-refractivity contribution in [2.75, 3.05) is 33.3 Å². The molecule has 1 atom stereocenters. The van der Waals surface area contributed by atoms with Crippen LogP contribution < -0.4 is 5.32 Å². The number of nitrogens with one attached hydrogen (secondary N) is 1. The molecule has 8 heteroatoms. The smallest absolute Gasteiger partial charge is 0.308 e. The average Bonchev–Trinajstić information content (AvgIpc) is 3.11. The van der Waals surface area contributed by atoms with Crippen LogP contribution in [-0.4, -0.2) is 59.9 Å². The normalized spacial score (nSPS) is 16.9. The van der Waals surface area contributed by atoms with Crippen molar-refractivity contribution in [1.82, 2.24) is 20.0 Å². The highest BCUT2D eigenvalue weighted by Crippen LogP contribution is 2.18. The maximum Gasteiger partial charge on any atom is 0.308 e.